The molecular formula is C12H12Cl2N2. The van der Waals surface area contributed by atoms with E-state index < -0.39 is 0 Å². The molecule has 0 N–H and O–H groups in total. The number of halogens is 2. The summed E-state index contributed by atoms with van der Waals surface area (Å²) in [6, 6.07) is 6.57. The van der Waals surface area contributed by atoms with Crippen molar-refractivity contribution in [3.63, 3.8) is 0 Å². The summed E-state index contributed by atoms with van der Waals surface area (Å²) >= 11 is 12.0. The molecule has 0 atom stereocenters. The highest BCUT2D eigenvalue weighted by Gasteiger charge is 2.28. The van der Waals surface area contributed by atoms with Crippen molar-refractivity contribution in [2.45, 2.75) is 25.3 Å². The molecule has 0 radical (unpaired) electrons. The molecule has 1 aliphatic carbocycles. The van der Waals surface area contributed by atoms with Gasteiger partial charge in [0.1, 0.15) is 11.3 Å². The van der Waals surface area contributed by atoms with Gasteiger partial charge in [-0.3, -0.25) is 0 Å². The van der Waals surface area contributed by atoms with E-state index >= 15 is 0 Å². The van der Waals surface area contributed by atoms with Crippen molar-refractivity contribution >= 4 is 34.2 Å². The monoisotopic (exact) mass is 254 g/mol. The maximum atomic E-state index is 6.16. The van der Waals surface area contributed by atoms with Gasteiger partial charge in [-0.1, -0.05) is 17.7 Å². The van der Waals surface area contributed by atoms with Crippen LogP contribution in [0.2, 0.25) is 5.02 Å². The van der Waals surface area contributed by atoms with Gasteiger partial charge in [0, 0.05) is 18.3 Å². The lowest BCUT2D eigenvalue weighted by molar-refractivity contribution is 0.709. The molecule has 0 spiro atoms. The lowest BCUT2D eigenvalue weighted by Crippen LogP contribution is -2.02. The number of hydrogen-bond donors (Lipinski definition) is 0. The topological polar surface area (TPSA) is 17.8 Å². The largest absolute Gasteiger partial charge is 0.325 e. The fourth-order valence-electron chi connectivity index (χ4n) is 2.13. The van der Waals surface area contributed by atoms with Gasteiger partial charge in [-0.05, 0) is 25.0 Å². The first kappa shape index (κ1) is 10.4. The standard InChI is InChI=1S/C12H12Cl2N2/c13-7-6-11-15-12-9(14)2-1-3-10(12)16(11)8-4-5-8/h1-3,8H,4-7H2. The zero-order chi connectivity index (χ0) is 11.1. The van der Waals surface area contributed by atoms with E-state index in [4.69, 9.17) is 23.2 Å². The molecule has 0 amide bonds. The normalized spacial score (nSPS) is 15.9. The minimum absolute atomic E-state index is 0.605. The number of benzene rings is 1. The smallest absolute Gasteiger partial charge is 0.111 e. The Labute approximate surface area is 104 Å². The van der Waals surface area contributed by atoms with Crippen molar-refractivity contribution in [3.05, 3.63) is 29.0 Å². The average molecular weight is 255 g/mol. The van der Waals surface area contributed by atoms with Gasteiger partial charge in [0.05, 0.1) is 10.5 Å². The summed E-state index contributed by atoms with van der Waals surface area (Å²) in [6.07, 6.45) is 3.30. The molecule has 4 heteroatoms. The third kappa shape index (κ3) is 1.61. The third-order valence-electron chi connectivity index (χ3n) is 2.97. The molecule has 0 bridgehead atoms. The van der Waals surface area contributed by atoms with Crippen LogP contribution in [0.1, 0.15) is 24.7 Å². The maximum absolute atomic E-state index is 6.16. The Bertz CT molecular complexity index is 529. The fraction of sp³-hybridized carbons (Fsp3) is 0.417. The molecule has 1 heterocycles. The molecule has 1 aromatic carbocycles. The van der Waals surface area contributed by atoms with Crippen LogP contribution in [-0.4, -0.2) is 15.4 Å². The Morgan fingerprint density at radius 1 is 1.38 bits per heavy atom. The van der Waals surface area contributed by atoms with Gasteiger partial charge in [0.15, 0.2) is 0 Å². The van der Waals surface area contributed by atoms with Gasteiger partial charge in [0.25, 0.3) is 0 Å². The number of para-hydroxylation sites is 1. The number of imidazole rings is 1. The molecule has 0 aliphatic heterocycles. The van der Waals surface area contributed by atoms with Crippen molar-refractivity contribution in [3.8, 4) is 0 Å². The molecule has 1 aliphatic rings. The molecule has 2 nitrogen and oxygen atoms in total. The maximum Gasteiger partial charge on any atom is 0.111 e. The summed E-state index contributed by atoms with van der Waals surface area (Å²) in [4.78, 5) is 4.61. The predicted octanol–water partition coefficient (Wildman–Crippen LogP) is 3.81. The van der Waals surface area contributed by atoms with Gasteiger partial charge in [0.2, 0.25) is 0 Å². The van der Waals surface area contributed by atoms with E-state index in [9.17, 15) is 0 Å². The molecule has 0 saturated heterocycles. The Balaban J connectivity index is 2.24. The predicted molar refractivity (Wildman–Crippen MR) is 67.4 cm³/mol. The number of alkyl halides is 1. The Kier molecular flexibility index (Phi) is 2.56. The van der Waals surface area contributed by atoms with Crippen LogP contribution in [0.4, 0.5) is 0 Å². The second-order valence-electron chi connectivity index (χ2n) is 4.18. The lowest BCUT2D eigenvalue weighted by atomic mass is 10.3. The van der Waals surface area contributed by atoms with E-state index in [-0.39, 0.29) is 0 Å². The first-order valence-corrected chi connectivity index (χ1v) is 6.44. The van der Waals surface area contributed by atoms with Crippen LogP contribution in [0.15, 0.2) is 18.2 Å². The lowest BCUT2D eigenvalue weighted by Gasteiger charge is -2.05. The minimum atomic E-state index is 0.605. The summed E-state index contributed by atoms with van der Waals surface area (Å²) in [5.41, 5.74) is 2.06. The molecule has 0 unspecified atom stereocenters. The van der Waals surface area contributed by atoms with Gasteiger partial charge >= 0.3 is 0 Å². The van der Waals surface area contributed by atoms with Crippen molar-refractivity contribution in [2.75, 3.05) is 5.88 Å². The van der Waals surface area contributed by atoms with Gasteiger partial charge in [-0.15, -0.1) is 11.6 Å². The zero-order valence-corrected chi connectivity index (χ0v) is 10.3. The molecule has 1 aromatic heterocycles. The average Bonchev–Trinajstić information content (AvgIpc) is 3.02. The second-order valence-corrected chi connectivity index (χ2v) is 4.96. The summed E-state index contributed by atoms with van der Waals surface area (Å²) < 4.78 is 2.31. The highest BCUT2D eigenvalue weighted by molar-refractivity contribution is 6.34. The van der Waals surface area contributed by atoms with Crippen molar-refractivity contribution in [2.24, 2.45) is 0 Å². The van der Waals surface area contributed by atoms with Crippen LogP contribution in [0, 0.1) is 0 Å². The van der Waals surface area contributed by atoms with E-state index in [1.54, 1.807) is 0 Å². The number of rotatable bonds is 3. The van der Waals surface area contributed by atoms with E-state index in [0.29, 0.717) is 11.9 Å². The summed E-state index contributed by atoms with van der Waals surface area (Å²) in [5.74, 6) is 1.67. The van der Waals surface area contributed by atoms with E-state index in [0.717, 1.165) is 28.3 Å². The first-order valence-electron chi connectivity index (χ1n) is 5.52. The highest BCUT2D eigenvalue weighted by Crippen LogP contribution is 2.39. The first-order chi connectivity index (χ1) is 7.81. The van der Waals surface area contributed by atoms with Crippen LogP contribution in [0.3, 0.4) is 0 Å². The molecule has 1 fully saturated rings. The second kappa shape index (κ2) is 3.94. The quantitative estimate of drug-likeness (QED) is 0.762. The molecule has 3 rings (SSSR count). The van der Waals surface area contributed by atoms with Crippen LogP contribution in [0.25, 0.3) is 11.0 Å². The minimum Gasteiger partial charge on any atom is -0.325 e. The van der Waals surface area contributed by atoms with Crippen LogP contribution in [0.5, 0.6) is 0 Å². The van der Waals surface area contributed by atoms with Crippen LogP contribution < -0.4 is 0 Å². The molecule has 84 valence electrons. The molecular weight excluding hydrogens is 243 g/mol. The number of fused-ring (bicyclic) bond motifs is 1. The molecule has 16 heavy (non-hydrogen) atoms. The summed E-state index contributed by atoms with van der Waals surface area (Å²) in [6.45, 7) is 0. The summed E-state index contributed by atoms with van der Waals surface area (Å²) in [7, 11) is 0. The van der Waals surface area contributed by atoms with Crippen molar-refractivity contribution in [1.82, 2.24) is 9.55 Å². The van der Waals surface area contributed by atoms with Gasteiger partial charge < -0.3 is 4.57 Å². The summed E-state index contributed by atoms with van der Waals surface area (Å²) in [5, 5.41) is 0.729. The number of nitrogens with zero attached hydrogens (tertiary/aromatic N) is 2. The van der Waals surface area contributed by atoms with E-state index in [2.05, 4.69) is 15.6 Å². The third-order valence-corrected chi connectivity index (χ3v) is 3.47. The molecule has 2 aromatic rings. The van der Waals surface area contributed by atoms with Gasteiger partial charge in [-0.2, -0.15) is 0 Å². The number of hydrogen-bond acceptors (Lipinski definition) is 1. The van der Waals surface area contributed by atoms with Crippen LogP contribution >= 0.6 is 23.2 Å². The van der Waals surface area contributed by atoms with E-state index in [1.807, 2.05) is 12.1 Å². The number of aryl methyl sites for hydroxylation is 1. The van der Waals surface area contributed by atoms with Crippen LogP contribution in [-0.2, 0) is 6.42 Å². The fourth-order valence-corrected chi connectivity index (χ4v) is 2.51. The highest BCUT2D eigenvalue weighted by atomic mass is 35.5. The molecule has 1 saturated carbocycles. The van der Waals surface area contributed by atoms with E-state index in [1.165, 1.54) is 12.8 Å². The Morgan fingerprint density at radius 3 is 2.88 bits per heavy atom. The Morgan fingerprint density at radius 2 is 2.19 bits per heavy atom. The SMILES string of the molecule is ClCCc1nc2c(Cl)cccc2n1C1CC1. The number of aromatic nitrogens is 2. The zero-order valence-electron chi connectivity index (χ0n) is 8.79. The van der Waals surface area contributed by atoms with Crippen molar-refractivity contribution < 1.29 is 0 Å². The van der Waals surface area contributed by atoms with Crippen molar-refractivity contribution in [1.29, 1.82) is 0 Å². The van der Waals surface area contributed by atoms with Gasteiger partial charge in [-0.25, -0.2) is 4.98 Å². The Hall–Kier alpha value is -0.730.